The third-order valence-electron chi connectivity index (χ3n) is 5.51. The molecule has 4 nitrogen and oxygen atoms in total. The van der Waals surface area contributed by atoms with Gasteiger partial charge in [-0.2, -0.15) is 0 Å². The van der Waals surface area contributed by atoms with Crippen molar-refractivity contribution in [1.82, 2.24) is 0 Å². The van der Waals surface area contributed by atoms with Crippen LogP contribution in [0.3, 0.4) is 0 Å². The van der Waals surface area contributed by atoms with Gasteiger partial charge in [0.1, 0.15) is 13.1 Å². The Kier molecular flexibility index (Phi) is 6.56. The van der Waals surface area contributed by atoms with Gasteiger partial charge in [0.05, 0.1) is 40.3 Å². The first kappa shape index (κ1) is 19.1. The Morgan fingerprint density at radius 3 is 1.32 bits per heavy atom. The number of quaternary nitrogens is 2. The van der Waals surface area contributed by atoms with E-state index in [9.17, 15) is 0 Å². The van der Waals surface area contributed by atoms with Crippen LogP contribution in [0.1, 0.15) is 36.8 Å². The van der Waals surface area contributed by atoms with Crippen LogP contribution < -0.4 is 0 Å². The Hall–Kier alpha value is -0.940. The van der Waals surface area contributed by atoms with Crippen LogP contribution in [0.2, 0.25) is 0 Å². The Bertz CT molecular complexity index is 421. The number of hydrogen-bond donors (Lipinski definition) is 0. The molecule has 2 fully saturated rings. The van der Waals surface area contributed by atoms with Crippen molar-refractivity contribution in [1.29, 1.82) is 0 Å². The van der Waals surface area contributed by atoms with Crippen molar-refractivity contribution in [3.05, 3.63) is 35.4 Å². The van der Waals surface area contributed by atoms with Crippen molar-refractivity contribution >= 4 is 0 Å². The lowest BCUT2D eigenvalue weighted by molar-refractivity contribution is -0.914. The zero-order chi connectivity index (χ0) is 14.1. The Morgan fingerprint density at radius 2 is 1.00 bits per heavy atom. The summed E-state index contributed by atoms with van der Waals surface area (Å²) in [5.74, 6) is 0. The number of rotatable bonds is 4. The largest absolute Gasteiger partial charge is 0.870 e. The van der Waals surface area contributed by atoms with E-state index in [0.717, 1.165) is 0 Å². The van der Waals surface area contributed by atoms with Gasteiger partial charge in [-0.1, -0.05) is 24.3 Å². The monoisotopic (exact) mass is 308 g/mol. The third kappa shape index (κ3) is 4.29. The first-order chi connectivity index (χ1) is 9.59. The summed E-state index contributed by atoms with van der Waals surface area (Å²) in [6, 6.07) is 9.20. The van der Waals surface area contributed by atoms with Gasteiger partial charge in [0.2, 0.25) is 0 Å². The second-order valence-electron chi connectivity index (χ2n) is 7.63. The topological polar surface area (TPSA) is 60.0 Å². The summed E-state index contributed by atoms with van der Waals surface area (Å²) in [7, 11) is 4.88. The lowest BCUT2D eigenvalue weighted by Crippen LogP contribution is -2.42. The summed E-state index contributed by atoms with van der Waals surface area (Å²) in [6.07, 6.45) is 5.64. The molecular formula is C18H32N2O2. The molecule has 1 aromatic rings. The number of likely N-dealkylation sites (tertiary alicyclic amines) is 2. The molecule has 2 aliphatic rings. The van der Waals surface area contributed by atoms with Crippen molar-refractivity contribution in [2.24, 2.45) is 0 Å². The van der Waals surface area contributed by atoms with Crippen molar-refractivity contribution in [3.63, 3.8) is 0 Å². The van der Waals surface area contributed by atoms with Gasteiger partial charge in [-0.15, -0.1) is 0 Å². The highest BCUT2D eigenvalue weighted by atomic mass is 16.0. The second-order valence-corrected chi connectivity index (χ2v) is 7.63. The molecule has 0 amide bonds. The molecule has 2 heterocycles. The molecule has 0 radical (unpaired) electrons. The van der Waals surface area contributed by atoms with E-state index < -0.39 is 0 Å². The lowest BCUT2D eigenvalue weighted by atomic mass is 10.1. The molecule has 2 N–H and O–H groups in total. The van der Waals surface area contributed by atoms with E-state index in [0.29, 0.717) is 0 Å². The fraction of sp³-hybridized carbons (Fsp3) is 0.667. The van der Waals surface area contributed by atoms with Gasteiger partial charge in [-0.05, 0) is 0 Å². The average Bonchev–Trinajstić information content (AvgIpc) is 3.02. The van der Waals surface area contributed by atoms with Gasteiger partial charge in [0, 0.05) is 36.8 Å². The summed E-state index contributed by atoms with van der Waals surface area (Å²) in [5.41, 5.74) is 3.20. The van der Waals surface area contributed by atoms with E-state index in [2.05, 4.69) is 38.4 Å². The maximum Gasteiger partial charge on any atom is 0.105 e. The summed E-state index contributed by atoms with van der Waals surface area (Å²) in [5, 5.41) is 0. The summed E-state index contributed by atoms with van der Waals surface area (Å²) < 4.78 is 2.50. The molecule has 4 heteroatoms. The molecule has 22 heavy (non-hydrogen) atoms. The molecule has 2 saturated heterocycles. The van der Waals surface area contributed by atoms with Crippen LogP contribution >= 0.6 is 0 Å². The van der Waals surface area contributed by atoms with Gasteiger partial charge in [-0.3, -0.25) is 0 Å². The van der Waals surface area contributed by atoms with E-state index in [-0.39, 0.29) is 11.0 Å². The maximum atomic E-state index is 2.44. The van der Waals surface area contributed by atoms with Crippen LogP contribution in [-0.2, 0) is 13.1 Å². The Morgan fingerprint density at radius 1 is 0.682 bits per heavy atom. The highest BCUT2D eigenvalue weighted by Crippen LogP contribution is 2.26. The quantitative estimate of drug-likeness (QED) is 0.803. The zero-order valence-electron chi connectivity index (χ0n) is 14.2. The maximum absolute atomic E-state index is 2.44. The van der Waals surface area contributed by atoms with E-state index in [1.807, 2.05) is 0 Å². The van der Waals surface area contributed by atoms with Crippen molar-refractivity contribution in [2.75, 3.05) is 40.3 Å². The molecule has 1 aromatic carbocycles. The molecule has 0 bridgehead atoms. The van der Waals surface area contributed by atoms with Crippen LogP contribution in [0.4, 0.5) is 0 Å². The molecule has 3 rings (SSSR count). The molecule has 0 spiro atoms. The molecule has 0 aromatic heterocycles. The van der Waals surface area contributed by atoms with Crippen LogP contribution in [0, 0.1) is 0 Å². The van der Waals surface area contributed by atoms with E-state index >= 15 is 0 Å². The van der Waals surface area contributed by atoms with Crippen molar-refractivity contribution < 1.29 is 19.9 Å². The molecule has 0 unspecified atom stereocenters. The van der Waals surface area contributed by atoms with Crippen molar-refractivity contribution in [3.8, 4) is 0 Å². The molecule has 0 aliphatic carbocycles. The van der Waals surface area contributed by atoms with Gasteiger partial charge >= 0.3 is 0 Å². The minimum atomic E-state index is 0. The van der Waals surface area contributed by atoms with Gasteiger partial charge in [-0.25, -0.2) is 0 Å². The summed E-state index contributed by atoms with van der Waals surface area (Å²) >= 11 is 0. The fourth-order valence-electron chi connectivity index (χ4n) is 4.20. The minimum Gasteiger partial charge on any atom is -0.870 e. The highest BCUT2D eigenvalue weighted by Gasteiger charge is 2.31. The fourth-order valence-corrected chi connectivity index (χ4v) is 4.20. The van der Waals surface area contributed by atoms with Gasteiger partial charge in [0.15, 0.2) is 0 Å². The predicted molar refractivity (Wildman–Crippen MR) is 88.0 cm³/mol. The second kappa shape index (κ2) is 7.55. The van der Waals surface area contributed by atoms with E-state index in [1.54, 1.807) is 11.1 Å². The van der Waals surface area contributed by atoms with Crippen molar-refractivity contribution in [2.45, 2.75) is 38.8 Å². The molecular weight excluding hydrogens is 276 g/mol. The SMILES string of the molecule is C[N+]1(Cc2ccccc2C[N+]2(C)CCCC2)CCCC1.[OH-].[OH-]. The minimum absolute atomic E-state index is 0. The number of nitrogens with zero attached hydrogens (tertiary/aromatic N) is 2. The van der Waals surface area contributed by atoms with Crippen LogP contribution in [0.25, 0.3) is 0 Å². The Balaban J connectivity index is 0.00000121. The first-order valence-electron chi connectivity index (χ1n) is 8.33. The molecule has 0 saturated carbocycles. The summed E-state index contributed by atoms with van der Waals surface area (Å²) in [6.45, 7) is 7.91. The molecule has 0 atom stereocenters. The smallest absolute Gasteiger partial charge is 0.105 e. The average molecular weight is 308 g/mol. The molecule has 2 aliphatic heterocycles. The van der Waals surface area contributed by atoms with Gasteiger partial charge < -0.3 is 19.9 Å². The lowest BCUT2D eigenvalue weighted by Gasteiger charge is -2.33. The number of hydrogen-bond acceptors (Lipinski definition) is 2. The number of benzene rings is 1. The summed E-state index contributed by atoms with van der Waals surface area (Å²) in [4.78, 5) is 0. The molecule has 126 valence electrons. The van der Waals surface area contributed by atoms with Gasteiger partial charge in [0.25, 0.3) is 0 Å². The van der Waals surface area contributed by atoms with Crippen LogP contribution in [0.5, 0.6) is 0 Å². The van der Waals surface area contributed by atoms with Crippen LogP contribution in [-0.4, -0.2) is 60.2 Å². The van der Waals surface area contributed by atoms with E-state index in [4.69, 9.17) is 0 Å². The zero-order valence-corrected chi connectivity index (χ0v) is 14.2. The highest BCUT2D eigenvalue weighted by molar-refractivity contribution is 5.25. The Labute approximate surface area is 135 Å². The standard InChI is InChI=1S/C18H30N2.2H2O/c1-19(11-5-6-12-19)15-17-9-3-4-10-18(17)16-20(2)13-7-8-14-20;;/h3-4,9-10H,5-8,11-16H2,1-2H3;2*1H2/q+2;;/p-2. The predicted octanol–water partition coefficient (Wildman–Crippen LogP) is 2.81. The normalized spacial score (nSPS) is 21.9. The van der Waals surface area contributed by atoms with E-state index in [1.165, 1.54) is 73.9 Å². The third-order valence-corrected chi connectivity index (χ3v) is 5.51. The first-order valence-corrected chi connectivity index (χ1v) is 8.33. The van der Waals surface area contributed by atoms with Crippen LogP contribution in [0.15, 0.2) is 24.3 Å².